The van der Waals surface area contributed by atoms with Gasteiger partial charge >= 0.3 is 0 Å². The Morgan fingerprint density at radius 2 is 2.25 bits per heavy atom. The lowest BCUT2D eigenvalue weighted by atomic mass is 10.2. The van der Waals surface area contributed by atoms with Crippen molar-refractivity contribution >= 4 is 11.8 Å². The first-order chi connectivity index (χ1) is 7.76. The minimum absolute atomic E-state index is 0.793. The van der Waals surface area contributed by atoms with E-state index in [0.717, 1.165) is 28.7 Å². The zero-order valence-electron chi connectivity index (χ0n) is 9.64. The average molecular weight is 234 g/mol. The van der Waals surface area contributed by atoms with Crippen LogP contribution in [0, 0.1) is 6.92 Å². The fourth-order valence-corrected chi connectivity index (χ4v) is 1.96. The third-order valence-electron chi connectivity index (χ3n) is 2.49. The van der Waals surface area contributed by atoms with Crippen molar-refractivity contribution in [3.8, 4) is 11.3 Å². The van der Waals surface area contributed by atoms with Crippen molar-refractivity contribution in [3.63, 3.8) is 0 Å². The van der Waals surface area contributed by atoms with Crippen LogP contribution >= 0.6 is 11.8 Å². The first-order valence-electron chi connectivity index (χ1n) is 5.16. The monoisotopic (exact) mass is 234 g/mol. The number of aryl methyl sites for hydroxylation is 1. The molecule has 0 aromatic carbocycles. The minimum Gasteiger partial charge on any atom is -0.269 e. The Bertz CT molecular complexity index is 492. The Morgan fingerprint density at radius 1 is 1.44 bits per heavy atom. The SMILES string of the molecule is CCn1ncc(-c2ccnc(SC)n2)c1C. The van der Waals surface area contributed by atoms with Crippen LogP contribution in [0.2, 0.25) is 0 Å². The molecule has 2 rings (SSSR count). The van der Waals surface area contributed by atoms with Crippen LogP contribution in [-0.4, -0.2) is 26.0 Å². The average Bonchev–Trinajstić information content (AvgIpc) is 2.70. The Hall–Kier alpha value is -1.36. The molecule has 0 atom stereocenters. The number of hydrogen-bond acceptors (Lipinski definition) is 4. The fourth-order valence-electron chi connectivity index (χ4n) is 1.61. The van der Waals surface area contributed by atoms with Gasteiger partial charge in [-0.05, 0) is 26.2 Å². The smallest absolute Gasteiger partial charge is 0.187 e. The van der Waals surface area contributed by atoms with E-state index in [1.807, 2.05) is 23.2 Å². The molecule has 0 unspecified atom stereocenters. The second-order valence-corrected chi connectivity index (χ2v) is 4.16. The predicted octanol–water partition coefficient (Wildman–Crippen LogP) is 2.39. The van der Waals surface area contributed by atoms with Crippen LogP contribution in [-0.2, 0) is 6.54 Å². The lowest BCUT2D eigenvalue weighted by Crippen LogP contribution is -1.98. The van der Waals surface area contributed by atoms with Gasteiger partial charge in [0.05, 0.1) is 11.9 Å². The first kappa shape index (κ1) is 11.1. The summed E-state index contributed by atoms with van der Waals surface area (Å²) in [5.41, 5.74) is 3.17. The molecule has 0 amide bonds. The van der Waals surface area contributed by atoms with E-state index in [9.17, 15) is 0 Å². The summed E-state index contributed by atoms with van der Waals surface area (Å²) in [7, 11) is 0. The second kappa shape index (κ2) is 4.65. The molecule has 0 aliphatic rings. The summed E-state index contributed by atoms with van der Waals surface area (Å²) in [6, 6.07) is 1.92. The van der Waals surface area contributed by atoms with Gasteiger partial charge in [0.25, 0.3) is 0 Å². The first-order valence-corrected chi connectivity index (χ1v) is 6.38. The molecule has 0 spiro atoms. The molecule has 0 aliphatic carbocycles. The summed E-state index contributed by atoms with van der Waals surface area (Å²) >= 11 is 1.55. The molecule has 0 fully saturated rings. The van der Waals surface area contributed by atoms with Gasteiger partial charge in [-0.25, -0.2) is 9.97 Å². The van der Waals surface area contributed by atoms with Crippen LogP contribution in [0.1, 0.15) is 12.6 Å². The van der Waals surface area contributed by atoms with Gasteiger partial charge in [0.2, 0.25) is 0 Å². The van der Waals surface area contributed by atoms with Gasteiger partial charge < -0.3 is 0 Å². The topological polar surface area (TPSA) is 43.6 Å². The third-order valence-corrected chi connectivity index (χ3v) is 3.06. The van der Waals surface area contributed by atoms with Gasteiger partial charge in [-0.15, -0.1) is 0 Å². The van der Waals surface area contributed by atoms with E-state index in [2.05, 4.69) is 28.9 Å². The van der Waals surface area contributed by atoms with Gasteiger partial charge in [0, 0.05) is 24.0 Å². The Morgan fingerprint density at radius 3 is 2.88 bits per heavy atom. The van der Waals surface area contributed by atoms with Crippen LogP contribution in [0.3, 0.4) is 0 Å². The quantitative estimate of drug-likeness (QED) is 0.604. The maximum atomic E-state index is 4.47. The number of nitrogens with zero attached hydrogens (tertiary/aromatic N) is 4. The highest BCUT2D eigenvalue weighted by molar-refractivity contribution is 7.98. The number of aromatic nitrogens is 4. The minimum atomic E-state index is 0.793. The summed E-state index contributed by atoms with van der Waals surface area (Å²) in [4.78, 5) is 8.63. The number of hydrogen-bond donors (Lipinski definition) is 0. The molecule has 0 aliphatic heterocycles. The molecular weight excluding hydrogens is 220 g/mol. The summed E-state index contributed by atoms with van der Waals surface area (Å²) in [5.74, 6) is 0. The lowest BCUT2D eigenvalue weighted by Gasteiger charge is -2.02. The largest absolute Gasteiger partial charge is 0.269 e. The highest BCUT2D eigenvalue weighted by atomic mass is 32.2. The van der Waals surface area contributed by atoms with Gasteiger partial charge in [0.15, 0.2) is 5.16 Å². The molecule has 2 aromatic rings. The maximum Gasteiger partial charge on any atom is 0.187 e. The van der Waals surface area contributed by atoms with E-state index in [1.54, 1.807) is 18.0 Å². The highest BCUT2D eigenvalue weighted by Crippen LogP contribution is 2.22. The maximum absolute atomic E-state index is 4.47. The van der Waals surface area contributed by atoms with Crippen LogP contribution in [0.5, 0.6) is 0 Å². The van der Waals surface area contributed by atoms with Crippen LogP contribution in [0.4, 0.5) is 0 Å². The van der Waals surface area contributed by atoms with E-state index < -0.39 is 0 Å². The van der Waals surface area contributed by atoms with Crippen molar-refractivity contribution < 1.29 is 0 Å². The summed E-state index contributed by atoms with van der Waals surface area (Å²) < 4.78 is 1.97. The van der Waals surface area contributed by atoms with E-state index >= 15 is 0 Å². The van der Waals surface area contributed by atoms with Gasteiger partial charge in [-0.2, -0.15) is 5.10 Å². The highest BCUT2D eigenvalue weighted by Gasteiger charge is 2.09. The molecule has 2 heterocycles. The normalized spacial score (nSPS) is 10.7. The van der Waals surface area contributed by atoms with E-state index in [4.69, 9.17) is 0 Å². The molecule has 0 bridgehead atoms. The summed E-state index contributed by atoms with van der Waals surface area (Å²) in [6.07, 6.45) is 5.63. The standard InChI is InChI=1S/C11H14N4S/c1-4-15-8(2)9(7-13-15)10-5-6-12-11(14-10)16-3/h5-7H,4H2,1-3H3. The lowest BCUT2D eigenvalue weighted by molar-refractivity contribution is 0.640. The van der Waals surface area contributed by atoms with Crippen molar-refractivity contribution in [3.05, 3.63) is 24.2 Å². The van der Waals surface area contributed by atoms with Gasteiger partial charge in [-0.3, -0.25) is 4.68 Å². The van der Waals surface area contributed by atoms with Crippen LogP contribution in [0.25, 0.3) is 11.3 Å². The van der Waals surface area contributed by atoms with Crippen molar-refractivity contribution in [1.82, 2.24) is 19.7 Å². The summed E-state index contributed by atoms with van der Waals surface area (Å²) in [6.45, 7) is 5.02. The zero-order chi connectivity index (χ0) is 11.5. The van der Waals surface area contributed by atoms with Crippen molar-refractivity contribution in [2.75, 3.05) is 6.26 Å². The van der Waals surface area contributed by atoms with E-state index in [0.29, 0.717) is 0 Å². The Labute approximate surface area is 99.1 Å². The number of thioether (sulfide) groups is 1. The van der Waals surface area contributed by atoms with Gasteiger partial charge in [0.1, 0.15) is 0 Å². The third kappa shape index (κ3) is 1.95. The van der Waals surface area contributed by atoms with Crippen LogP contribution in [0.15, 0.2) is 23.6 Å². The van der Waals surface area contributed by atoms with Crippen molar-refractivity contribution in [2.24, 2.45) is 0 Å². The van der Waals surface area contributed by atoms with E-state index in [1.165, 1.54) is 0 Å². The number of rotatable bonds is 3. The van der Waals surface area contributed by atoms with Crippen molar-refractivity contribution in [1.29, 1.82) is 0 Å². The molecule has 16 heavy (non-hydrogen) atoms. The molecule has 84 valence electrons. The Balaban J connectivity index is 2.45. The van der Waals surface area contributed by atoms with Crippen LogP contribution < -0.4 is 0 Å². The molecule has 0 N–H and O–H groups in total. The van der Waals surface area contributed by atoms with E-state index in [-0.39, 0.29) is 0 Å². The molecule has 2 aromatic heterocycles. The van der Waals surface area contributed by atoms with Gasteiger partial charge in [-0.1, -0.05) is 11.8 Å². The Kier molecular flexibility index (Phi) is 3.24. The molecular formula is C11H14N4S. The molecule has 5 heteroatoms. The van der Waals surface area contributed by atoms with Crippen molar-refractivity contribution in [2.45, 2.75) is 25.5 Å². The predicted molar refractivity (Wildman–Crippen MR) is 65.4 cm³/mol. The second-order valence-electron chi connectivity index (χ2n) is 3.39. The fraction of sp³-hybridized carbons (Fsp3) is 0.364. The summed E-state index contributed by atoms with van der Waals surface area (Å²) in [5, 5.41) is 5.11. The molecule has 0 saturated heterocycles. The molecule has 0 radical (unpaired) electrons. The molecule has 4 nitrogen and oxygen atoms in total. The molecule has 0 saturated carbocycles. The zero-order valence-corrected chi connectivity index (χ0v) is 10.5.